The van der Waals surface area contributed by atoms with E-state index in [0.717, 1.165) is 0 Å². The fourth-order valence-corrected chi connectivity index (χ4v) is 1.24. The van der Waals surface area contributed by atoms with Crippen LogP contribution in [0.15, 0.2) is 12.1 Å². The van der Waals surface area contributed by atoms with E-state index in [1.54, 1.807) is 19.2 Å². The van der Waals surface area contributed by atoms with E-state index in [1.807, 2.05) is 0 Å². The lowest BCUT2D eigenvalue weighted by molar-refractivity contribution is 0.324. The topological polar surface area (TPSA) is 51.5 Å². The molecule has 0 fully saturated rings. The summed E-state index contributed by atoms with van der Waals surface area (Å²) in [5, 5.41) is 7.19. The molecule has 0 amide bonds. The van der Waals surface area contributed by atoms with Crippen LogP contribution in [0.3, 0.4) is 0 Å². The van der Waals surface area contributed by atoms with Crippen molar-refractivity contribution in [2.24, 2.45) is 0 Å². The van der Waals surface area contributed by atoms with Crippen LogP contribution in [-0.2, 0) is 0 Å². The van der Waals surface area contributed by atoms with Gasteiger partial charge >= 0.3 is 0 Å². The van der Waals surface area contributed by atoms with Gasteiger partial charge in [-0.2, -0.15) is 0 Å². The maximum absolute atomic E-state index is 7.19. The minimum Gasteiger partial charge on any atom is -0.493 e. The summed E-state index contributed by atoms with van der Waals surface area (Å²) >= 11 is 0. The van der Waals surface area contributed by atoms with Crippen LogP contribution < -0.4 is 14.2 Å². The average Bonchev–Trinajstić information content (AvgIpc) is 2.26. The Morgan fingerprint density at radius 2 is 1.64 bits per heavy atom. The van der Waals surface area contributed by atoms with Gasteiger partial charge in [-0.15, -0.1) is 0 Å². The molecule has 4 nitrogen and oxygen atoms in total. The van der Waals surface area contributed by atoms with Crippen LogP contribution in [0, 0.1) is 5.41 Å². The molecule has 1 aromatic rings. The van der Waals surface area contributed by atoms with Crippen molar-refractivity contribution in [2.45, 2.75) is 0 Å². The van der Waals surface area contributed by atoms with E-state index in [-0.39, 0.29) is 0 Å². The summed E-state index contributed by atoms with van der Waals surface area (Å²) in [7, 11) is 4.62. The van der Waals surface area contributed by atoms with E-state index in [1.165, 1.54) is 20.4 Å². The lowest BCUT2D eigenvalue weighted by Gasteiger charge is -2.13. The molecule has 0 saturated carbocycles. The van der Waals surface area contributed by atoms with Crippen molar-refractivity contribution in [2.75, 3.05) is 21.3 Å². The molecule has 0 aliphatic carbocycles. The Bertz CT molecular complexity index is 336. The maximum Gasteiger partial charge on any atom is 0.203 e. The molecule has 0 saturated heterocycles. The Balaban J connectivity index is 3.35. The van der Waals surface area contributed by atoms with Gasteiger partial charge in [-0.25, -0.2) is 0 Å². The fourth-order valence-electron chi connectivity index (χ4n) is 1.24. The summed E-state index contributed by atoms with van der Waals surface area (Å²) in [5.41, 5.74) is 0.658. The Morgan fingerprint density at radius 3 is 2.07 bits per heavy atom. The lowest BCUT2D eigenvalue weighted by Crippen LogP contribution is -1.97. The molecule has 0 bridgehead atoms. The highest BCUT2D eigenvalue weighted by atomic mass is 16.5. The van der Waals surface area contributed by atoms with Gasteiger partial charge in [0.1, 0.15) is 0 Å². The van der Waals surface area contributed by atoms with E-state index >= 15 is 0 Å². The molecule has 0 radical (unpaired) electrons. The number of hydrogen-bond acceptors (Lipinski definition) is 4. The summed E-state index contributed by atoms with van der Waals surface area (Å²) in [6.45, 7) is 0. The standard InChI is InChI=1S/C10H13NO3/c1-12-8-5-4-7(6-11)9(13-2)10(8)14-3/h4-6,11H,1-3H3. The summed E-state index contributed by atoms with van der Waals surface area (Å²) < 4.78 is 15.4. The SMILES string of the molecule is COc1ccc(C=N)c(OC)c1OC. The number of hydrogen-bond donors (Lipinski definition) is 1. The highest BCUT2D eigenvalue weighted by molar-refractivity contribution is 5.84. The third-order valence-corrected chi connectivity index (χ3v) is 1.89. The first-order valence-electron chi connectivity index (χ1n) is 4.08. The first kappa shape index (κ1) is 10.4. The van der Waals surface area contributed by atoms with Gasteiger partial charge in [0.15, 0.2) is 11.5 Å². The molecule has 4 heteroatoms. The van der Waals surface area contributed by atoms with E-state index in [2.05, 4.69) is 0 Å². The molecule has 76 valence electrons. The van der Waals surface area contributed by atoms with E-state index in [4.69, 9.17) is 19.6 Å². The predicted molar refractivity (Wildman–Crippen MR) is 54.0 cm³/mol. The molecule has 0 aliphatic rings. The highest BCUT2D eigenvalue weighted by Gasteiger charge is 2.13. The Kier molecular flexibility index (Phi) is 3.34. The van der Waals surface area contributed by atoms with Crippen LogP contribution in [0.4, 0.5) is 0 Å². The molecule has 0 aliphatic heterocycles. The van der Waals surface area contributed by atoms with Gasteiger partial charge in [0.25, 0.3) is 0 Å². The van der Waals surface area contributed by atoms with Gasteiger partial charge in [0.2, 0.25) is 5.75 Å². The van der Waals surface area contributed by atoms with Crippen LogP contribution in [0.1, 0.15) is 5.56 Å². The predicted octanol–water partition coefficient (Wildman–Crippen LogP) is 1.71. The third-order valence-electron chi connectivity index (χ3n) is 1.89. The second-order valence-electron chi connectivity index (χ2n) is 2.57. The van der Waals surface area contributed by atoms with Gasteiger partial charge in [0, 0.05) is 11.8 Å². The fraction of sp³-hybridized carbons (Fsp3) is 0.300. The van der Waals surface area contributed by atoms with Crippen molar-refractivity contribution in [3.05, 3.63) is 17.7 Å². The quantitative estimate of drug-likeness (QED) is 0.744. The monoisotopic (exact) mass is 195 g/mol. The maximum atomic E-state index is 7.19. The minimum absolute atomic E-state index is 0.510. The van der Waals surface area contributed by atoms with Gasteiger partial charge in [-0.3, -0.25) is 0 Å². The summed E-state index contributed by atoms with van der Waals surface area (Å²) in [5.74, 6) is 1.62. The number of rotatable bonds is 4. The first-order valence-corrected chi connectivity index (χ1v) is 4.08. The normalized spacial score (nSPS) is 9.36. The van der Waals surface area contributed by atoms with Crippen LogP contribution in [0.5, 0.6) is 17.2 Å². The van der Waals surface area contributed by atoms with Crippen molar-refractivity contribution in [3.8, 4) is 17.2 Å². The lowest BCUT2D eigenvalue weighted by atomic mass is 10.2. The van der Waals surface area contributed by atoms with Gasteiger partial charge < -0.3 is 19.6 Å². The molecule has 0 aromatic heterocycles. The first-order chi connectivity index (χ1) is 6.78. The molecule has 1 aromatic carbocycles. The van der Waals surface area contributed by atoms with Crippen LogP contribution in [-0.4, -0.2) is 27.5 Å². The van der Waals surface area contributed by atoms with Gasteiger partial charge in [-0.1, -0.05) is 0 Å². The van der Waals surface area contributed by atoms with Gasteiger partial charge in [-0.05, 0) is 12.1 Å². The number of nitrogens with one attached hydrogen (secondary N) is 1. The van der Waals surface area contributed by atoms with E-state index in [0.29, 0.717) is 22.8 Å². The zero-order valence-electron chi connectivity index (χ0n) is 8.46. The number of ether oxygens (including phenoxy) is 3. The molecule has 14 heavy (non-hydrogen) atoms. The average molecular weight is 195 g/mol. The Morgan fingerprint density at radius 1 is 1.00 bits per heavy atom. The van der Waals surface area contributed by atoms with E-state index < -0.39 is 0 Å². The smallest absolute Gasteiger partial charge is 0.203 e. The Hall–Kier alpha value is -1.71. The molecule has 0 unspecified atom stereocenters. The minimum atomic E-state index is 0.510. The number of methoxy groups -OCH3 is 3. The van der Waals surface area contributed by atoms with Crippen LogP contribution >= 0.6 is 0 Å². The second-order valence-corrected chi connectivity index (χ2v) is 2.57. The largest absolute Gasteiger partial charge is 0.493 e. The zero-order chi connectivity index (χ0) is 10.6. The summed E-state index contributed by atoms with van der Waals surface area (Å²) in [4.78, 5) is 0. The van der Waals surface area contributed by atoms with Crippen molar-refractivity contribution in [3.63, 3.8) is 0 Å². The molecular formula is C10H13NO3. The van der Waals surface area contributed by atoms with Crippen molar-refractivity contribution >= 4 is 6.21 Å². The molecule has 0 heterocycles. The second kappa shape index (κ2) is 4.50. The molecule has 1 rings (SSSR count). The number of benzene rings is 1. The van der Waals surface area contributed by atoms with E-state index in [9.17, 15) is 0 Å². The van der Waals surface area contributed by atoms with Crippen molar-refractivity contribution in [1.29, 1.82) is 5.41 Å². The molecular weight excluding hydrogens is 182 g/mol. The molecule has 0 atom stereocenters. The highest BCUT2D eigenvalue weighted by Crippen LogP contribution is 2.38. The van der Waals surface area contributed by atoms with Crippen molar-refractivity contribution < 1.29 is 14.2 Å². The third kappa shape index (κ3) is 1.64. The van der Waals surface area contributed by atoms with Crippen LogP contribution in [0.25, 0.3) is 0 Å². The Labute approximate surface area is 82.9 Å². The molecule has 0 spiro atoms. The van der Waals surface area contributed by atoms with Crippen molar-refractivity contribution in [1.82, 2.24) is 0 Å². The summed E-state index contributed by atoms with van der Waals surface area (Å²) in [6, 6.07) is 3.48. The van der Waals surface area contributed by atoms with Gasteiger partial charge in [0.05, 0.1) is 21.3 Å². The van der Waals surface area contributed by atoms with Crippen LogP contribution in [0.2, 0.25) is 0 Å². The molecule has 1 N–H and O–H groups in total. The summed E-state index contributed by atoms with van der Waals surface area (Å²) in [6.07, 6.45) is 1.21. The zero-order valence-corrected chi connectivity index (χ0v) is 8.46.